The lowest BCUT2D eigenvalue weighted by Gasteiger charge is -2.28. The molecule has 7 heteroatoms. The molecule has 0 radical (unpaired) electrons. The molecule has 1 fully saturated rings. The van der Waals surface area contributed by atoms with Crippen LogP contribution in [0.15, 0.2) is 24.3 Å². The Morgan fingerprint density at radius 3 is 2.24 bits per heavy atom. The zero-order valence-corrected chi connectivity index (χ0v) is 22.2. The van der Waals surface area contributed by atoms with Crippen molar-refractivity contribution in [2.45, 2.75) is 83.7 Å². The second-order valence-corrected chi connectivity index (χ2v) is 10.7. The number of esters is 1. The predicted molar refractivity (Wildman–Crippen MR) is 139 cm³/mol. The maximum absolute atomic E-state index is 12.9. The van der Waals surface area contributed by atoms with Crippen molar-refractivity contribution < 1.29 is 19.1 Å². The summed E-state index contributed by atoms with van der Waals surface area (Å²) in [7, 11) is 1.30. The zero-order chi connectivity index (χ0) is 25.1. The summed E-state index contributed by atoms with van der Waals surface area (Å²) in [5, 5.41) is 5.63. The molecule has 34 heavy (non-hydrogen) atoms. The van der Waals surface area contributed by atoms with Gasteiger partial charge in [0.2, 0.25) is 5.91 Å². The van der Waals surface area contributed by atoms with Gasteiger partial charge in [-0.2, -0.15) is 11.8 Å². The number of carbonyl (C=O) groups excluding carboxylic acids is 3. The van der Waals surface area contributed by atoms with E-state index in [0.717, 1.165) is 5.92 Å². The van der Waals surface area contributed by atoms with Crippen LogP contribution in [0.1, 0.15) is 87.6 Å². The lowest BCUT2D eigenvalue weighted by Crippen LogP contribution is -2.53. The predicted octanol–water partition coefficient (Wildman–Crippen LogP) is 4.93. The topological polar surface area (TPSA) is 84.5 Å². The lowest BCUT2D eigenvalue weighted by atomic mass is 9.77. The third kappa shape index (κ3) is 8.33. The smallest absolute Gasteiger partial charge is 0.328 e. The van der Waals surface area contributed by atoms with Gasteiger partial charge in [0.25, 0.3) is 5.91 Å². The molecule has 0 heterocycles. The van der Waals surface area contributed by atoms with Gasteiger partial charge in [-0.1, -0.05) is 45.7 Å². The van der Waals surface area contributed by atoms with E-state index in [1.807, 2.05) is 32.2 Å². The second-order valence-electron chi connectivity index (χ2n) is 9.69. The van der Waals surface area contributed by atoms with Crippen molar-refractivity contribution >= 4 is 29.5 Å². The molecule has 0 saturated heterocycles. The molecule has 190 valence electrons. The summed E-state index contributed by atoms with van der Waals surface area (Å²) in [5.41, 5.74) is 1.83. The molecule has 1 saturated carbocycles. The zero-order valence-electron chi connectivity index (χ0n) is 21.4. The molecule has 1 aromatic rings. The van der Waals surface area contributed by atoms with Crippen molar-refractivity contribution in [1.82, 2.24) is 10.6 Å². The number of amides is 2. The first-order valence-corrected chi connectivity index (χ1v) is 14.0. The second kappa shape index (κ2) is 14.4. The molecule has 0 unspecified atom stereocenters. The fraction of sp³-hybridized carbons (Fsp3) is 0.667. The molecule has 1 aromatic carbocycles. The molecule has 0 spiro atoms. The van der Waals surface area contributed by atoms with E-state index in [9.17, 15) is 14.4 Å². The summed E-state index contributed by atoms with van der Waals surface area (Å²) in [6.45, 7) is 5.94. The van der Waals surface area contributed by atoms with Crippen LogP contribution in [0.5, 0.6) is 0 Å². The number of ether oxygens (including phenoxy) is 1. The van der Waals surface area contributed by atoms with E-state index >= 15 is 0 Å². The van der Waals surface area contributed by atoms with Gasteiger partial charge in [-0.3, -0.25) is 9.59 Å². The van der Waals surface area contributed by atoms with E-state index < -0.39 is 18.1 Å². The maximum Gasteiger partial charge on any atom is 0.328 e. The summed E-state index contributed by atoms with van der Waals surface area (Å²) in [4.78, 5) is 37.9. The first-order valence-electron chi connectivity index (χ1n) is 12.6. The monoisotopic (exact) mass is 490 g/mol. The molecule has 2 atom stereocenters. The van der Waals surface area contributed by atoms with Crippen LogP contribution in [0.2, 0.25) is 0 Å². The van der Waals surface area contributed by atoms with Crippen molar-refractivity contribution in [3.05, 3.63) is 35.4 Å². The Balaban J connectivity index is 2.01. The van der Waals surface area contributed by atoms with Gasteiger partial charge in [0.1, 0.15) is 12.1 Å². The van der Waals surface area contributed by atoms with Gasteiger partial charge in [0, 0.05) is 5.56 Å². The van der Waals surface area contributed by atoms with Gasteiger partial charge in [0.05, 0.1) is 7.11 Å². The molecule has 1 aliphatic carbocycles. The molecule has 2 rings (SSSR count). The average Bonchev–Trinajstić information content (AvgIpc) is 2.84. The summed E-state index contributed by atoms with van der Waals surface area (Å²) in [6.07, 6.45) is 10.0. The summed E-state index contributed by atoms with van der Waals surface area (Å²) >= 11 is 1.60. The molecule has 2 N–H and O–H groups in total. The Morgan fingerprint density at radius 1 is 1.06 bits per heavy atom. The van der Waals surface area contributed by atoms with E-state index in [-0.39, 0.29) is 17.7 Å². The summed E-state index contributed by atoms with van der Waals surface area (Å²) in [6, 6.07) is 6.36. The summed E-state index contributed by atoms with van der Waals surface area (Å²) in [5.74, 6) is 0.880. The number of nitrogens with one attached hydrogen (secondary N) is 2. The van der Waals surface area contributed by atoms with Crippen LogP contribution in [0.3, 0.4) is 0 Å². The molecule has 6 nitrogen and oxygen atoms in total. The van der Waals surface area contributed by atoms with Crippen LogP contribution >= 0.6 is 11.8 Å². The van der Waals surface area contributed by atoms with Gasteiger partial charge < -0.3 is 15.4 Å². The number of hydrogen-bond donors (Lipinski definition) is 2. The van der Waals surface area contributed by atoms with Crippen LogP contribution in [0.25, 0.3) is 0 Å². The van der Waals surface area contributed by atoms with E-state index in [0.29, 0.717) is 23.7 Å². The number of rotatable bonds is 12. The number of thioether (sulfide) groups is 1. The highest BCUT2D eigenvalue weighted by atomic mass is 32.2. The fourth-order valence-electron chi connectivity index (χ4n) is 4.72. The van der Waals surface area contributed by atoms with Crippen LogP contribution in [0.4, 0.5) is 0 Å². The lowest BCUT2D eigenvalue weighted by molar-refractivity contribution is -0.146. The number of methoxy groups -OCH3 is 1. The molecule has 2 amide bonds. The highest BCUT2D eigenvalue weighted by molar-refractivity contribution is 7.98. The van der Waals surface area contributed by atoms with Gasteiger partial charge in [0.15, 0.2) is 0 Å². The van der Waals surface area contributed by atoms with Gasteiger partial charge in [-0.25, -0.2) is 4.79 Å². The minimum atomic E-state index is -0.752. The first-order chi connectivity index (χ1) is 16.3. The quantitative estimate of drug-likeness (QED) is 0.406. The molecule has 0 bridgehead atoms. The van der Waals surface area contributed by atoms with Crippen molar-refractivity contribution in [2.24, 2.45) is 11.8 Å². The van der Waals surface area contributed by atoms with Crippen molar-refractivity contribution in [3.63, 3.8) is 0 Å². The number of carbonyl (C=O) groups is 3. The van der Waals surface area contributed by atoms with E-state index in [1.165, 1.54) is 51.2 Å². The first kappa shape index (κ1) is 28.2. The Morgan fingerprint density at radius 2 is 1.71 bits per heavy atom. The van der Waals surface area contributed by atoms with E-state index in [1.54, 1.807) is 11.8 Å². The van der Waals surface area contributed by atoms with Crippen LogP contribution in [0, 0.1) is 11.8 Å². The van der Waals surface area contributed by atoms with Crippen LogP contribution in [-0.4, -0.2) is 49.0 Å². The highest BCUT2D eigenvalue weighted by Gasteiger charge is 2.29. The molecule has 0 aromatic heterocycles. The highest BCUT2D eigenvalue weighted by Crippen LogP contribution is 2.37. The molecule has 0 aliphatic heterocycles. The Bertz CT molecular complexity index is 788. The van der Waals surface area contributed by atoms with E-state index in [4.69, 9.17) is 4.74 Å². The fourth-order valence-corrected chi connectivity index (χ4v) is 5.20. The summed E-state index contributed by atoms with van der Waals surface area (Å²) < 4.78 is 4.82. The van der Waals surface area contributed by atoms with Crippen molar-refractivity contribution in [1.29, 1.82) is 0 Å². The van der Waals surface area contributed by atoms with Gasteiger partial charge in [-0.15, -0.1) is 0 Å². The third-order valence-corrected chi connectivity index (χ3v) is 7.48. The maximum atomic E-state index is 12.9. The Kier molecular flexibility index (Phi) is 11.9. The molecule has 1 aliphatic rings. The SMILES string of the molecule is CCCC1CCC(c2ccc(C(=O)N[C@H](CCSC)C(=O)N[C@@H](C(=O)OC)C(C)C)cc2)CC1. The molecular formula is C27H42N2O4S. The standard InChI is InChI=1S/C27H42N2O4S/c1-6-7-19-8-10-20(11-9-19)21-12-14-22(15-13-21)25(30)28-23(16-17-34-5)26(31)29-24(18(2)3)27(32)33-4/h12-15,18-20,23-24H,6-11,16-17H2,1-5H3,(H,28,30)(H,29,31)/t19?,20?,23-,24-/m1/s1. The van der Waals surface area contributed by atoms with Crippen molar-refractivity contribution in [2.75, 3.05) is 19.1 Å². The van der Waals surface area contributed by atoms with Crippen LogP contribution in [-0.2, 0) is 14.3 Å². The third-order valence-electron chi connectivity index (χ3n) is 6.84. The number of benzene rings is 1. The Labute approximate surface area is 209 Å². The van der Waals surface area contributed by atoms with Crippen molar-refractivity contribution in [3.8, 4) is 0 Å². The largest absolute Gasteiger partial charge is 0.467 e. The minimum Gasteiger partial charge on any atom is -0.467 e. The van der Waals surface area contributed by atoms with Crippen LogP contribution < -0.4 is 10.6 Å². The average molecular weight is 491 g/mol. The number of hydrogen-bond acceptors (Lipinski definition) is 5. The Hall–Kier alpha value is -2.02. The molecular weight excluding hydrogens is 448 g/mol. The minimum absolute atomic E-state index is 0.127. The van der Waals surface area contributed by atoms with Gasteiger partial charge in [-0.05, 0) is 79.6 Å². The normalized spacial score (nSPS) is 19.8. The van der Waals surface area contributed by atoms with Gasteiger partial charge >= 0.3 is 5.97 Å². The van der Waals surface area contributed by atoms with E-state index in [2.05, 4.69) is 29.7 Å².